The van der Waals surface area contributed by atoms with Crippen molar-refractivity contribution >= 4 is 23.2 Å². The molecule has 6 nitrogen and oxygen atoms in total. The maximum atomic E-state index is 13.2. The summed E-state index contributed by atoms with van der Waals surface area (Å²) in [7, 11) is 0. The standard InChI is InChI=1S/C28H33N3O3S/c1-5-29-28(33)24-17-35-25(30-24)16-34-22-11-10-20-12-13-31(26(32)14-18(2)3)27(23(20)15-22)21-8-6-19(4)7-9-21/h6-11,15,17-18,27H,5,12-14,16H2,1-4H3,(H,29,33)/t27-/m1/s1. The Kier molecular flexibility index (Phi) is 7.86. The average Bonchev–Trinajstić information content (AvgIpc) is 3.31. The highest BCUT2D eigenvalue weighted by atomic mass is 32.1. The van der Waals surface area contributed by atoms with E-state index in [4.69, 9.17) is 4.74 Å². The highest BCUT2D eigenvalue weighted by molar-refractivity contribution is 7.09. The van der Waals surface area contributed by atoms with Crippen molar-refractivity contribution in [1.82, 2.24) is 15.2 Å². The summed E-state index contributed by atoms with van der Waals surface area (Å²) in [6.07, 6.45) is 1.36. The van der Waals surface area contributed by atoms with Gasteiger partial charge in [-0.1, -0.05) is 49.7 Å². The largest absolute Gasteiger partial charge is 0.486 e. The van der Waals surface area contributed by atoms with Gasteiger partial charge in [0.15, 0.2) is 0 Å². The minimum absolute atomic E-state index is 0.140. The number of nitrogens with zero attached hydrogens (tertiary/aromatic N) is 2. The normalized spacial score (nSPS) is 15.1. The number of aromatic nitrogens is 1. The van der Waals surface area contributed by atoms with Crippen molar-refractivity contribution in [2.24, 2.45) is 5.92 Å². The first-order valence-corrected chi connectivity index (χ1v) is 13.1. The topological polar surface area (TPSA) is 71.5 Å². The van der Waals surface area contributed by atoms with E-state index in [-0.39, 0.29) is 24.5 Å². The lowest BCUT2D eigenvalue weighted by molar-refractivity contribution is -0.134. The molecule has 0 saturated carbocycles. The zero-order valence-electron chi connectivity index (χ0n) is 20.8. The van der Waals surface area contributed by atoms with Gasteiger partial charge in [-0.3, -0.25) is 9.59 Å². The van der Waals surface area contributed by atoms with Crippen LogP contribution in [-0.2, 0) is 17.8 Å². The molecule has 7 heteroatoms. The molecule has 0 bridgehead atoms. The number of rotatable bonds is 8. The predicted molar refractivity (Wildman–Crippen MR) is 139 cm³/mol. The SMILES string of the molecule is CCNC(=O)c1csc(COc2ccc3c(c2)[C@@H](c2ccc(C)cc2)N(C(=O)CC(C)C)CC3)n1. The monoisotopic (exact) mass is 491 g/mol. The Morgan fingerprint density at radius 3 is 2.69 bits per heavy atom. The van der Waals surface area contributed by atoms with E-state index in [1.54, 1.807) is 5.38 Å². The predicted octanol–water partition coefficient (Wildman–Crippen LogP) is 5.30. The molecule has 1 aromatic heterocycles. The second-order valence-electron chi connectivity index (χ2n) is 9.38. The van der Waals surface area contributed by atoms with E-state index in [1.807, 2.05) is 17.9 Å². The lowest BCUT2D eigenvalue weighted by atomic mass is 9.87. The maximum absolute atomic E-state index is 13.2. The summed E-state index contributed by atoms with van der Waals surface area (Å²) in [5, 5.41) is 5.26. The molecular weight excluding hydrogens is 458 g/mol. The fourth-order valence-corrected chi connectivity index (χ4v) is 5.09. The third kappa shape index (κ3) is 5.90. The zero-order valence-corrected chi connectivity index (χ0v) is 21.7. The molecule has 2 heterocycles. The molecule has 3 aromatic rings. The molecule has 1 aliphatic heterocycles. The Balaban J connectivity index is 1.59. The van der Waals surface area contributed by atoms with Crippen LogP contribution in [0.15, 0.2) is 47.8 Å². The molecule has 0 spiro atoms. The molecule has 184 valence electrons. The number of ether oxygens (including phenoxy) is 1. The molecule has 1 N–H and O–H groups in total. The average molecular weight is 492 g/mol. The maximum Gasteiger partial charge on any atom is 0.270 e. The number of benzene rings is 2. The van der Waals surface area contributed by atoms with Gasteiger partial charge in [0.05, 0.1) is 6.04 Å². The molecule has 2 aromatic carbocycles. The first kappa shape index (κ1) is 24.9. The van der Waals surface area contributed by atoms with Gasteiger partial charge in [-0.2, -0.15) is 0 Å². The molecule has 0 aliphatic carbocycles. The van der Waals surface area contributed by atoms with E-state index >= 15 is 0 Å². The van der Waals surface area contributed by atoms with Gasteiger partial charge in [-0.25, -0.2) is 4.98 Å². The van der Waals surface area contributed by atoms with Gasteiger partial charge in [-0.15, -0.1) is 11.3 Å². The van der Waals surface area contributed by atoms with Gasteiger partial charge in [0.25, 0.3) is 5.91 Å². The second-order valence-corrected chi connectivity index (χ2v) is 10.3. The van der Waals surface area contributed by atoms with Crippen LogP contribution < -0.4 is 10.1 Å². The van der Waals surface area contributed by atoms with Crippen LogP contribution in [0.1, 0.15) is 71.0 Å². The second kappa shape index (κ2) is 11.0. The van der Waals surface area contributed by atoms with Gasteiger partial charge >= 0.3 is 0 Å². The number of hydrogen-bond acceptors (Lipinski definition) is 5. The third-order valence-corrected chi connectivity index (χ3v) is 6.95. The number of amides is 2. The summed E-state index contributed by atoms with van der Waals surface area (Å²) in [6, 6.07) is 14.5. The molecule has 0 radical (unpaired) electrons. The van der Waals surface area contributed by atoms with Crippen LogP contribution in [0.3, 0.4) is 0 Å². The third-order valence-electron chi connectivity index (χ3n) is 6.13. The molecular formula is C28H33N3O3S. The number of carbonyl (C=O) groups is 2. The van der Waals surface area contributed by atoms with Crippen LogP contribution in [0.25, 0.3) is 0 Å². The van der Waals surface area contributed by atoms with Crippen molar-refractivity contribution in [3.63, 3.8) is 0 Å². The van der Waals surface area contributed by atoms with Crippen LogP contribution in [0, 0.1) is 12.8 Å². The van der Waals surface area contributed by atoms with Crippen LogP contribution >= 0.6 is 11.3 Å². The van der Waals surface area contributed by atoms with Crippen molar-refractivity contribution in [1.29, 1.82) is 0 Å². The van der Waals surface area contributed by atoms with Gasteiger partial charge in [0.1, 0.15) is 23.1 Å². The van der Waals surface area contributed by atoms with Crippen LogP contribution in [0.2, 0.25) is 0 Å². The summed E-state index contributed by atoms with van der Waals surface area (Å²) in [6.45, 7) is 9.67. The van der Waals surface area contributed by atoms with Gasteiger partial charge in [0, 0.05) is 24.9 Å². The molecule has 0 fully saturated rings. The van der Waals surface area contributed by atoms with Crippen molar-refractivity contribution in [3.8, 4) is 5.75 Å². The summed E-state index contributed by atoms with van der Waals surface area (Å²) in [4.78, 5) is 31.6. The Bertz CT molecular complexity index is 1190. The van der Waals surface area contributed by atoms with E-state index in [9.17, 15) is 9.59 Å². The summed E-state index contributed by atoms with van der Waals surface area (Å²) >= 11 is 1.41. The fourth-order valence-electron chi connectivity index (χ4n) is 4.40. The lowest BCUT2D eigenvalue weighted by Crippen LogP contribution is -2.41. The summed E-state index contributed by atoms with van der Waals surface area (Å²) in [5.41, 5.74) is 5.07. The molecule has 2 amide bonds. The van der Waals surface area contributed by atoms with Crippen LogP contribution in [0.4, 0.5) is 0 Å². The van der Waals surface area contributed by atoms with Crippen molar-refractivity contribution in [2.75, 3.05) is 13.1 Å². The van der Waals surface area contributed by atoms with Crippen molar-refractivity contribution in [3.05, 3.63) is 80.8 Å². The lowest BCUT2D eigenvalue weighted by Gasteiger charge is -2.38. The van der Waals surface area contributed by atoms with Gasteiger partial charge < -0.3 is 15.0 Å². The first-order valence-electron chi connectivity index (χ1n) is 12.2. The number of nitrogens with one attached hydrogen (secondary N) is 1. The summed E-state index contributed by atoms with van der Waals surface area (Å²) < 4.78 is 6.09. The van der Waals surface area contributed by atoms with E-state index in [0.29, 0.717) is 31.1 Å². The molecule has 35 heavy (non-hydrogen) atoms. The molecule has 4 rings (SSSR count). The Morgan fingerprint density at radius 2 is 1.97 bits per heavy atom. The van der Waals surface area contributed by atoms with Gasteiger partial charge in [-0.05, 0) is 55.0 Å². The summed E-state index contributed by atoms with van der Waals surface area (Å²) in [5.74, 6) is 1.05. The van der Waals surface area contributed by atoms with E-state index in [1.165, 1.54) is 22.5 Å². The minimum Gasteiger partial charge on any atom is -0.486 e. The van der Waals surface area contributed by atoms with E-state index in [2.05, 4.69) is 67.5 Å². The molecule has 0 unspecified atom stereocenters. The zero-order chi connectivity index (χ0) is 24.9. The molecule has 1 aliphatic rings. The quantitative estimate of drug-likeness (QED) is 0.464. The van der Waals surface area contributed by atoms with Crippen molar-refractivity contribution in [2.45, 2.75) is 53.2 Å². The van der Waals surface area contributed by atoms with E-state index < -0.39 is 0 Å². The van der Waals surface area contributed by atoms with Gasteiger partial charge in [0.2, 0.25) is 5.91 Å². The number of carbonyl (C=O) groups excluding carboxylic acids is 2. The number of hydrogen-bond donors (Lipinski definition) is 1. The molecule has 1 atom stereocenters. The van der Waals surface area contributed by atoms with Crippen LogP contribution in [-0.4, -0.2) is 34.8 Å². The van der Waals surface area contributed by atoms with Crippen LogP contribution in [0.5, 0.6) is 5.75 Å². The number of aryl methyl sites for hydroxylation is 1. The Morgan fingerprint density at radius 1 is 1.20 bits per heavy atom. The van der Waals surface area contributed by atoms with E-state index in [0.717, 1.165) is 28.3 Å². The fraction of sp³-hybridized carbons (Fsp3) is 0.393. The minimum atomic E-state index is -0.170. The highest BCUT2D eigenvalue weighted by Crippen LogP contribution is 2.38. The Hall–Kier alpha value is -3.19. The Labute approximate surface area is 211 Å². The van der Waals surface area contributed by atoms with Crippen molar-refractivity contribution < 1.29 is 14.3 Å². The first-order chi connectivity index (χ1) is 16.9. The number of fused-ring (bicyclic) bond motifs is 1. The molecule has 0 saturated heterocycles. The number of thiazole rings is 1. The highest BCUT2D eigenvalue weighted by Gasteiger charge is 2.32. The smallest absolute Gasteiger partial charge is 0.270 e.